The second-order valence-corrected chi connectivity index (χ2v) is 5.54. The van der Waals surface area contributed by atoms with Gasteiger partial charge in [0.25, 0.3) is 5.91 Å². The molecular formula is C18H22N2O3. The van der Waals surface area contributed by atoms with Crippen molar-refractivity contribution >= 4 is 11.8 Å². The fourth-order valence-electron chi connectivity index (χ4n) is 2.17. The van der Waals surface area contributed by atoms with Crippen LogP contribution in [0.1, 0.15) is 36.2 Å². The zero-order valence-corrected chi connectivity index (χ0v) is 13.5. The second-order valence-electron chi connectivity index (χ2n) is 5.54. The van der Waals surface area contributed by atoms with Gasteiger partial charge in [0, 0.05) is 12.6 Å². The minimum absolute atomic E-state index is 0.0171. The molecule has 1 atom stereocenters. The van der Waals surface area contributed by atoms with Gasteiger partial charge in [-0.05, 0) is 25.0 Å². The van der Waals surface area contributed by atoms with Crippen molar-refractivity contribution in [2.75, 3.05) is 6.54 Å². The lowest BCUT2D eigenvalue weighted by Gasteiger charge is -2.23. The average molecular weight is 314 g/mol. The molecule has 0 bridgehead atoms. The molecule has 0 fully saturated rings. The molecule has 1 heterocycles. The summed E-state index contributed by atoms with van der Waals surface area (Å²) in [6.45, 7) is 4.34. The molecule has 23 heavy (non-hydrogen) atoms. The van der Waals surface area contributed by atoms with Crippen molar-refractivity contribution in [1.82, 2.24) is 10.2 Å². The molecule has 0 spiro atoms. The van der Waals surface area contributed by atoms with Gasteiger partial charge < -0.3 is 14.6 Å². The van der Waals surface area contributed by atoms with Crippen LogP contribution in [0.4, 0.5) is 0 Å². The number of nitrogens with zero attached hydrogens (tertiary/aromatic N) is 1. The van der Waals surface area contributed by atoms with Gasteiger partial charge in [0.1, 0.15) is 12.8 Å². The van der Waals surface area contributed by atoms with Gasteiger partial charge in [0.05, 0.1) is 11.8 Å². The van der Waals surface area contributed by atoms with Gasteiger partial charge in [-0.3, -0.25) is 9.59 Å². The van der Waals surface area contributed by atoms with E-state index in [2.05, 4.69) is 5.32 Å². The average Bonchev–Trinajstić information content (AvgIpc) is 3.08. The van der Waals surface area contributed by atoms with E-state index in [1.165, 1.54) is 17.4 Å². The van der Waals surface area contributed by atoms with Crippen molar-refractivity contribution in [1.29, 1.82) is 0 Å². The van der Waals surface area contributed by atoms with E-state index >= 15 is 0 Å². The molecular weight excluding hydrogens is 292 g/mol. The minimum Gasteiger partial charge on any atom is -0.472 e. The Morgan fingerprint density at radius 3 is 2.57 bits per heavy atom. The van der Waals surface area contributed by atoms with E-state index in [1.807, 2.05) is 44.2 Å². The lowest BCUT2D eigenvalue weighted by molar-refractivity contribution is -0.122. The molecule has 0 aliphatic rings. The molecule has 5 nitrogen and oxygen atoms in total. The first-order chi connectivity index (χ1) is 11.1. The quantitative estimate of drug-likeness (QED) is 0.855. The van der Waals surface area contributed by atoms with Crippen LogP contribution in [0.2, 0.25) is 0 Å². The molecule has 0 radical (unpaired) electrons. The van der Waals surface area contributed by atoms with E-state index in [4.69, 9.17) is 4.42 Å². The van der Waals surface area contributed by atoms with Crippen molar-refractivity contribution in [3.8, 4) is 0 Å². The Bertz CT molecular complexity index is 623. The highest BCUT2D eigenvalue weighted by Gasteiger charge is 2.20. The zero-order valence-electron chi connectivity index (χ0n) is 13.5. The van der Waals surface area contributed by atoms with E-state index in [0.29, 0.717) is 12.1 Å². The van der Waals surface area contributed by atoms with Crippen molar-refractivity contribution in [2.45, 2.75) is 32.9 Å². The number of benzene rings is 1. The van der Waals surface area contributed by atoms with Crippen LogP contribution in [0.5, 0.6) is 0 Å². The van der Waals surface area contributed by atoms with E-state index in [9.17, 15) is 9.59 Å². The molecule has 0 aliphatic carbocycles. The lowest BCUT2D eigenvalue weighted by Crippen LogP contribution is -2.43. The molecule has 5 heteroatoms. The Morgan fingerprint density at radius 2 is 1.96 bits per heavy atom. The van der Waals surface area contributed by atoms with Crippen LogP contribution >= 0.6 is 0 Å². The highest BCUT2D eigenvalue weighted by atomic mass is 16.3. The third kappa shape index (κ3) is 4.98. The molecule has 2 aromatic rings. The Balaban J connectivity index is 2.11. The molecule has 1 N–H and O–H groups in total. The van der Waals surface area contributed by atoms with Crippen LogP contribution in [0.15, 0.2) is 53.3 Å². The second kappa shape index (κ2) is 8.17. The molecule has 1 aromatic heterocycles. The first-order valence-electron chi connectivity index (χ1n) is 7.75. The van der Waals surface area contributed by atoms with Gasteiger partial charge in [-0.15, -0.1) is 0 Å². The number of carbonyl (C=O) groups excluding carboxylic acids is 2. The monoisotopic (exact) mass is 314 g/mol. The Morgan fingerprint density at radius 1 is 1.22 bits per heavy atom. The normalized spacial score (nSPS) is 11.7. The standard InChI is InChI=1S/C18H22N2O3/c1-3-14(2)19-17(21)12-20(11-15-7-5-4-6-8-15)18(22)16-9-10-23-13-16/h4-10,13-14H,3,11-12H2,1-2H3,(H,19,21)/t14-/m1/s1. The van der Waals surface area contributed by atoms with Gasteiger partial charge in [-0.2, -0.15) is 0 Å². The first-order valence-corrected chi connectivity index (χ1v) is 7.75. The topological polar surface area (TPSA) is 62.6 Å². The van der Waals surface area contributed by atoms with Crippen LogP contribution in [-0.2, 0) is 11.3 Å². The number of carbonyl (C=O) groups is 2. The van der Waals surface area contributed by atoms with Gasteiger partial charge in [-0.1, -0.05) is 37.3 Å². The number of hydrogen-bond donors (Lipinski definition) is 1. The van der Waals surface area contributed by atoms with Crippen LogP contribution < -0.4 is 5.32 Å². The summed E-state index contributed by atoms with van der Waals surface area (Å²) in [6.07, 6.45) is 3.69. The number of hydrogen-bond acceptors (Lipinski definition) is 3. The molecule has 0 saturated carbocycles. The minimum atomic E-state index is -0.220. The van der Waals surface area contributed by atoms with Gasteiger partial charge >= 0.3 is 0 Å². The molecule has 2 amide bonds. The first kappa shape index (κ1) is 16.8. The fourth-order valence-corrected chi connectivity index (χ4v) is 2.17. The van der Waals surface area contributed by atoms with E-state index in [1.54, 1.807) is 6.07 Å². The molecule has 1 aromatic carbocycles. The van der Waals surface area contributed by atoms with Crippen molar-refractivity contribution in [3.63, 3.8) is 0 Å². The summed E-state index contributed by atoms with van der Waals surface area (Å²) in [6, 6.07) is 11.3. The Hall–Kier alpha value is -2.56. The smallest absolute Gasteiger partial charge is 0.257 e. The Labute approximate surface area is 136 Å². The van der Waals surface area contributed by atoms with Gasteiger partial charge in [-0.25, -0.2) is 0 Å². The summed E-state index contributed by atoms with van der Waals surface area (Å²) in [7, 11) is 0. The van der Waals surface area contributed by atoms with Crippen LogP contribution in [0, 0.1) is 0 Å². The number of furan rings is 1. The Kier molecular flexibility index (Phi) is 5.97. The maximum atomic E-state index is 12.6. The molecule has 0 unspecified atom stereocenters. The van der Waals surface area contributed by atoms with Crippen molar-refractivity contribution in [3.05, 3.63) is 60.1 Å². The van der Waals surface area contributed by atoms with E-state index in [0.717, 1.165) is 12.0 Å². The highest BCUT2D eigenvalue weighted by Crippen LogP contribution is 2.10. The zero-order chi connectivity index (χ0) is 16.7. The summed E-state index contributed by atoms with van der Waals surface area (Å²) in [5.41, 5.74) is 1.41. The summed E-state index contributed by atoms with van der Waals surface area (Å²) < 4.78 is 4.97. The molecule has 122 valence electrons. The number of nitrogens with one attached hydrogen (secondary N) is 1. The highest BCUT2D eigenvalue weighted by molar-refractivity contribution is 5.96. The number of rotatable bonds is 7. The van der Waals surface area contributed by atoms with Crippen molar-refractivity contribution < 1.29 is 14.0 Å². The maximum absolute atomic E-state index is 12.6. The maximum Gasteiger partial charge on any atom is 0.257 e. The van der Waals surface area contributed by atoms with E-state index < -0.39 is 0 Å². The van der Waals surface area contributed by atoms with Gasteiger partial charge in [0.15, 0.2) is 0 Å². The predicted octanol–water partition coefficient (Wildman–Crippen LogP) is 2.84. The van der Waals surface area contributed by atoms with Crippen LogP contribution in [0.3, 0.4) is 0 Å². The van der Waals surface area contributed by atoms with E-state index in [-0.39, 0.29) is 24.4 Å². The van der Waals surface area contributed by atoms with Crippen LogP contribution in [-0.4, -0.2) is 29.3 Å². The largest absolute Gasteiger partial charge is 0.472 e. The SMILES string of the molecule is CC[C@@H](C)NC(=O)CN(Cc1ccccc1)C(=O)c1ccoc1. The predicted molar refractivity (Wildman–Crippen MR) is 87.8 cm³/mol. The summed E-state index contributed by atoms with van der Waals surface area (Å²) in [5.74, 6) is -0.381. The third-order valence-corrected chi connectivity index (χ3v) is 3.63. The molecule has 0 aliphatic heterocycles. The van der Waals surface area contributed by atoms with Gasteiger partial charge in [0.2, 0.25) is 5.91 Å². The van der Waals surface area contributed by atoms with Crippen molar-refractivity contribution in [2.24, 2.45) is 0 Å². The summed E-state index contributed by atoms with van der Waals surface area (Å²) in [5, 5.41) is 2.89. The third-order valence-electron chi connectivity index (χ3n) is 3.63. The summed E-state index contributed by atoms with van der Waals surface area (Å²) in [4.78, 5) is 26.3. The molecule has 0 saturated heterocycles. The number of amides is 2. The fraction of sp³-hybridized carbons (Fsp3) is 0.333. The summed E-state index contributed by atoms with van der Waals surface area (Å²) >= 11 is 0. The lowest BCUT2D eigenvalue weighted by atomic mass is 10.2. The molecule has 2 rings (SSSR count). The van der Waals surface area contributed by atoms with Crippen LogP contribution in [0.25, 0.3) is 0 Å².